The highest BCUT2D eigenvalue weighted by Gasteiger charge is 2.15. The minimum atomic E-state index is -0.823. The molecular weight excluding hydrogens is 299 g/mol. The van der Waals surface area contributed by atoms with Gasteiger partial charge in [0.1, 0.15) is 11.6 Å². The molecule has 0 aliphatic carbocycles. The fraction of sp³-hybridized carbons (Fsp3) is 0.222. The first kappa shape index (κ1) is 16.7. The lowest BCUT2D eigenvalue weighted by Crippen LogP contribution is -2.12. The van der Waals surface area contributed by atoms with Crippen LogP contribution < -0.4 is 4.74 Å². The summed E-state index contributed by atoms with van der Waals surface area (Å²) in [6, 6.07) is 11.6. The summed E-state index contributed by atoms with van der Waals surface area (Å²) in [6.07, 6.45) is 0. The number of esters is 2. The van der Waals surface area contributed by atoms with Crippen molar-refractivity contribution in [3.05, 3.63) is 65.5 Å². The summed E-state index contributed by atoms with van der Waals surface area (Å²) in [5, 5.41) is 0. The van der Waals surface area contributed by atoms with Crippen LogP contribution >= 0.6 is 0 Å². The van der Waals surface area contributed by atoms with E-state index in [2.05, 4.69) is 0 Å². The van der Waals surface area contributed by atoms with Gasteiger partial charge in [0, 0.05) is 0 Å². The van der Waals surface area contributed by atoms with Gasteiger partial charge in [-0.15, -0.1) is 0 Å². The summed E-state index contributed by atoms with van der Waals surface area (Å²) in [6.45, 7) is 4.16. The molecule has 23 heavy (non-hydrogen) atoms. The number of ether oxygens (including phenoxy) is 2. The van der Waals surface area contributed by atoms with E-state index in [1.165, 1.54) is 30.3 Å². The van der Waals surface area contributed by atoms with E-state index in [0.717, 1.165) is 0 Å². The number of hydrogen-bond donors (Lipinski definition) is 0. The first-order valence-electron chi connectivity index (χ1n) is 7.21. The van der Waals surface area contributed by atoms with Crippen LogP contribution in [0.15, 0.2) is 48.5 Å². The van der Waals surface area contributed by atoms with Crippen molar-refractivity contribution < 1.29 is 23.5 Å². The van der Waals surface area contributed by atoms with Gasteiger partial charge < -0.3 is 9.47 Å². The smallest absolute Gasteiger partial charge is 0.346 e. The normalized spacial score (nSPS) is 10.4. The molecule has 0 fully saturated rings. The Morgan fingerprint density at radius 2 is 1.78 bits per heavy atom. The molecule has 0 aromatic heterocycles. The molecule has 0 aliphatic rings. The molecule has 0 heterocycles. The first-order valence-corrected chi connectivity index (χ1v) is 7.21. The molecule has 0 amide bonds. The maximum absolute atomic E-state index is 13.6. The molecule has 2 aromatic carbocycles. The molecule has 0 bridgehead atoms. The summed E-state index contributed by atoms with van der Waals surface area (Å²) in [7, 11) is 0. The molecule has 0 saturated carbocycles. The molecule has 4 nitrogen and oxygen atoms in total. The highest BCUT2D eigenvalue weighted by molar-refractivity contribution is 5.92. The summed E-state index contributed by atoms with van der Waals surface area (Å²) < 4.78 is 23.8. The highest BCUT2D eigenvalue weighted by Crippen LogP contribution is 2.17. The maximum Gasteiger partial charge on any atom is 0.346 e. The molecule has 0 aliphatic heterocycles. The molecule has 0 spiro atoms. The van der Waals surface area contributed by atoms with Crippen molar-refractivity contribution in [1.29, 1.82) is 0 Å². The second-order valence-electron chi connectivity index (χ2n) is 5.39. The van der Waals surface area contributed by atoms with Crippen LogP contribution in [0.5, 0.6) is 5.75 Å². The van der Waals surface area contributed by atoms with Crippen LogP contribution in [0.4, 0.5) is 4.39 Å². The zero-order chi connectivity index (χ0) is 16.8. The fourth-order valence-electron chi connectivity index (χ4n) is 1.80. The third kappa shape index (κ3) is 4.64. The summed E-state index contributed by atoms with van der Waals surface area (Å²) >= 11 is 0. The van der Waals surface area contributed by atoms with Crippen molar-refractivity contribution in [2.24, 2.45) is 5.92 Å². The number of carbonyl (C=O) groups is 2. The average Bonchev–Trinajstić information content (AvgIpc) is 2.53. The van der Waals surface area contributed by atoms with Crippen LogP contribution in [0.1, 0.15) is 34.6 Å². The molecule has 120 valence electrons. The number of carbonyl (C=O) groups excluding carboxylic acids is 2. The summed E-state index contributed by atoms with van der Waals surface area (Å²) in [5.74, 6) is -1.61. The first-order chi connectivity index (χ1) is 11.0. The molecule has 0 radical (unpaired) electrons. The van der Waals surface area contributed by atoms with Gasteiger partial charge in [0.05, 0.1) is 17.7 Å². The molecule has 5 heteroatoms. The van der Waals surface area contributed by atoms with Gasteiger partial charge in [-0.05, 0) is 36.2 Å². The second kappa shape index (κ2) is 7.54. The lowest BCUT2D eigenvalue weighted by atomic mass is 10.2. The molecular formula is C18H17FO4. The van der Waals surface area contributed by atoms with E-state index in [1.54, 1.807) is 18.2 Å². The zero-order valence-electron chi connectivity index (χ0n) is 12.9. The van der Waals surface area contributed by atoms with Gasteiger partial charge in [0.15, 0.2) is 0 Å². The van der Waals surface area contributed by atoms with Gasteiger partial charge >= 0.3 is 11.9 Å². The second-order valence-corrected chi connectivity index (χ2v) is 5.39. The minimum Gasteiger partial charge on any atom is -0.462 e. The Kier molecular flexibility index (Phi) is 5.46. The Morgan fingerprint density at radius 3 is 2.48 bits per heavy atom. The van der Waals surface area contributed by atoms with Crippen molar-refractivity contribution in [2.75, 3.05) is 6.61 Å². The molecule has 0 unspecified atom stereocenters. The van der Waals surface area contributed by atoms with Crippen molar-refractivity contribution in [3.8, 4) is 5.75 Å². The van der Waals surface area contributed by atoms with Crippen LogP contribution in [-0.2, 0) is 4.74 Å². The third-order valence-corrected chi connectivity index (χ3v) is 2.92. The van der Waals surface area contributed by atoms with Crippen molar-refractivity contribution in [1.82, 2.24) is 0 Å². The van der Waals surface area contributed by atoms with E-state index in [1.807, 2.05) is 13.8 Å². The van der Waals surface area contributed by atoms with Crippen LogP contribution in [0, 0.1) is 11.7 Å². The van der Waals surface area contributed by atoms with Gasteiger partial charge in [0.25, 0.3) is 0 Å². The van der Waals surface area contributed by atoms with E-state index in [9.17, 15) is 14.0 Å². The SMILES string of the molecule is CC(C)COC(=O)c1cccc(OC(=O)c2ccccc2F)c1. The van der Waals surface area contributed by atoms with Crippen molar-refractivity contribution >= 4 is 11.9 Å². The highest BCUT2D eigenvalue weighted by atomic mass is 19.1. The number of halogens is 1. The Bertz CT molecular complexity index is 710. The van der Waals surface area contributed by atoms with E-state index >= 15 is 0 Å². The number of benzene rings is 2. The largest absolute Gasteiger partial charge is 0.462 e. The zero-order valence-corrected chi connectivity index (χ0v) is 12.9. The van der Waals surface area contributed by atoms with Crippen molar-refractivity contribution in [2.45, 2.75) is 13.8 Å². The number of hydrogen-bond acceptors (Lipinski definition) is 4. The van der Waals surface area contributed by atoms with Crippen LogP contribution in [-0.4, -0.2) is 18.5 Å². The number of rotatable bonds is 5. The fourth-order valence-corrected chi connectivity index (χ4v) is 1.80. The quantitative estimate of drug-likeness (QED) is 0.621. The Labute approximate surface area is 133 Å². The van der Waals surface area contributed by atoms with E-state index in [4.69, 9.17) is 9.47 Å². The van der Waals surface area contributed by atoms with E-state index < -0.39 is 17.8 Å². The lowest BCUT2D eigenvalue weighted by molar-refractivity contribution is 0.0457. The monoisotopic (exact) mass is 316 g/mol. The van der Waals surface area contributed by atoms with Crippen LogP contribution in [0.2, 0.25) is 0 Å². The standard InChI is InChI=1S/C18H17FO4/c1-12(2)11-22-17(20)13-6-5-7-14(10-13)23-18(21)15-8-3-4-9-16(15)19/h3-10,12H,11H2,1-2H3. The molecule has 2 aromatic rings. The average molecular weight is 316 g/mol. The van der Waals surface area contributed by atoms with Crippen LogP contribution in [0.3, 0.4) is 0 Å². The topological polar surface area (TPSA) is 52.6 Å². The Hall–Kier alpha value is -2.69. The Morgan fingerprint density at radius 1 is 1.04 bits per heavy atom. The van der Waals surface area contributed by atoms with Crippen LogP contribution in [0.25, 0.3) is 0 Å². The van der Waals surface area contributed by atoms with Gasteiger partial charge in [0.2, 0.25) is 0 Å². The predicted octanol–water partition coefficient (Wildman–Crippen LogP) is 3.86. The van der Waals surface area contributed by atoms with E-state index in [0.29, 0.717) is 6.61 Å². The van der Waals surface area contributed by atoms with Crippen molar-refractivity contribution in [3.63, 3.8) is 0 Å². The molecule has 0 atom stereocenters. The predicted molar refractivity (Wildman–Crippen MR) is 82.9 cm³/mol. The Balaban J connectivity index is 2.09. The molecule has 0 saturated heterocycles. The summed E-state index contributed by atoms with van der Waals surface area (Å²) in [5.41, 5.74) is 0.102. The molecule has 2 rings (SSSR count). The minimum absolute atomic E-state index is 0.150. The summed E-state index contributed by atoms with van der Waals surface area (Å²) in [4.78, 5) is 23.8. The maximum atomic E-state index is 13.6. The lowest BCUT2D eigenvalue weighted by Gasteiger charge is -2.09. The van der Waals surface area contributed by atoms with Gasteiger partial charge in [-0.1, -0.05) is 32.0 Å². The van der Waals surface area contributed by atoms with Gasteiger partial charge in [-0.3, -0.25) is 0 Å². The van der Waals surface area contributed by atoms with Gasteiger partial charge in [-0.2, -0.15) is 0 Å². The van der Waals surface area contributed by atoms with Gasteiger partial charge in [-0.25, -0.2) is 14.0 Å². The molecule has 0 N–H and O–H groups in total. The van der Waals surface area contributed by atoms with E-state index in [-0.39, 0.29) is 22.8 Å². The third-order valence-electron chi connectivity index (χ3n) is 2.92.